The van der Waals surface area contributed by atoms with Crippen LogP contribution in [0.1, 0.15) is 23.6 Å². The van der Waals surface area contributed by atoms with E-state index in [1.54, 1.807) is 13.0 Å². The van der Waals surface area contributed by atoms with E-state index >= 15 is 0 Å². The van der Waals surface area contributed by atoms with Gasteiger partial charge in [0, 0.05) is 5.56 Å². The van der Waals surface area contributed by atoms with Crippen LogP contribution >= 0.6 is 0 Å². The van der Waals surface area contributed by atoms with E-state index in [0.29, 0.717) is 0 Å². The van der Waals surface area contributed by atoms with Gasteiger partial charge in [-0.2, -0.15) is 13.2 Å². The predicted octanol–water partition coefficient (Wildman–Crippen LogP) is 5.02. The molecule has 0 aliphatic heterocycles. The van der Waals surface area contributed by atoms with Crippen LogP contribution in [0.5, 0.6) is 0 Å². The van der Waals surface area contributed by atoms with Gasteiger partial charge in [0.15, 0.2) is 11.6 Å². The summed E-state index contributed by atoms with van der Waals surface area (Å²) in [5.41, 5.74) is -3.34. The van der Waals surface area contributed by atoms with Crippen molar-refractivity contribution in [2.45, 2.75) is 20.0 Å². The zero-order chi connectivity index (χ0) is 14.8. The van der Waals surface area contributed by atoms with E-state index in [4.69, 9.17) is 0 Å². The molecule has 104 valence electrons. The number of allylic oxidation sites excluding steroid dienone is 3. The van der Waals surface area contributed by atoms with Crippen LogP contribution in [0, 0.1) is 24.4 Å². The highest BCUT2D eigenvalue weighted by atomic mass is 19.4. The molecule has 6 heteroatoms. The smallest absolute Gasteiger partial charge is 0.206 e. The number of halogens is 6. The summed E-state index contributed by atoms with van der Waals surface area (Å²) >= 11 is 0. The summed E-state index contributed by atoms with van der Waals surface area (Å²) in [6.07, 6.45) is -0.126. The second-order valence-electron chi connectivity index (χ2n) is 3.74. The first-order valence-electron chi connectivity index (χ1n) is 5.25. The Kier molecular flexibility index (Phi) is 4.44. The molecule has 1 aromatic rings. The van der Waals surface area contributed by atoms with Crippen LogP contribution < -0.4 is 0 Å². The highest BCUT2D eigenvalue weighted by Gasteiger charge is 2.40. The van der Waals surface area contributed by atoms with Gasteiger partial charge in [-0.05, 0) is 19.4 Å². The Labute approximate surface area is 106 Å². The molecule has 0 aliphatic carbocycles. The van der Waals surface area contributed by atoms with Gasteiger partial charge < -0.3 is 0 Å². The lowest BCUT2D eigenvalue weighted by molar-refractivity contribution is -0.142. The molecule has 0 fully saturated rings. The van der Waals surface area contributed by atoms with Gasteiger partial charge in [0.1, 0.15) is 11.4 Å². The van der Waals surface area contributed by atoms with Crippen molar-refractivity contribution >= 4 is 6.08 Å². The molecule has 0 N–H and O–H groups in total. The predicted molar refractivity (Wildman–Crippen MR) is 59.9 cm³/mol. The minimum absolute atomic E-state index is 0.510. The molecule has 0 atom stereocenters. The SMILES string of the molecule is C/C=C/C=C/c1c(C)c(F)c(F)c(C(F)(F)F)c1F. The van der Waals surface area contributed by atoms with Gasteiger partial charge >= 0.3 is 6.18 Å². The van der Waals surface area contributed by atoms with Crippen molar-refractivity contribution in [3.8, 4) is 0 Å². The van der Waals surface area contributed by atoms with Crippen LogP contribution in [0.3, 0.4) is 0 Å². The van der Waals surface area contributed by atoms with Crippen LogP contribution in [0.15, 0.2) is 18.2 Å². The van der Waals surface area contributed by atoms with Gasteiger partial charge in [-0.15, -0.1) is 0 Å². The summed E-state index contributed by atoms with van der Waals surface area (Å²) in [6, 6.07) is 0. The Morgan fingerprint density at radius 3 is 1.95 bits per heavy atom. The summed E-state index contributed by atoms with van der Waals surface area (Å²) in [7, 11) is 0. The van der Waals surface area contributed by atoms with Crippen LogP contribution in [0.4, 0.5) is 26.3 Å². The lowest BCUT2D eigenvalue weighted by Crippen LogP contribution is -2.15. The monoisotopic (exact) mass is 280 g/mol. The Morgan fingerprint density at radius 1 is 0.895 bits per heavy atom. The maximum absolute atomic E-state index is 13.7. The van der Waals surface area contributed by atoms with E-state index in [2.05, 4.69) is 0 Å². The Morgan fingerprint density at radius 2 is 1.47 bits per heavy atom. The zero-order valence-corrected chi connectivity index (χ0v) is 10.1. The minimum Gasteiger partial charge on any atom is -0.206 e. The lowest BCUT2D eigenvalue weighted by atomic mass is 10.0. The number of rotatable bonds is 2. The zero-order valence-electron chi connectivity index (χ0n) is 10.1. The molecule has 0 bridgehead atoms. The lowest BCUT2D eigenvalue weighted by Gasteiger charge is -2.14. The van der Waals surface area contributed by atoms with E-state index in [1.165, 1.54) is 12.2 Å². The summed E-state index contributed by atoms with van der Waals surface area (Å²) in [4.78, 5) is 0. The fourth-order valence-electron chi connectivity index (χ4n) is 1.50. The normalized spacial score (nSPS) is 12.8. The van der Waals surface area contributed by atoms with Crippen molar-refractivity contribution in [3.05, 3.63) is 52.4 Å². The van der Waals surface area contributed by atoms with Crippen LogP contribution in [-0.4, -0.2) is 0 Å². The first kappa shape index (κ1) is 15.3. The fraction of sp³-hybridized carbons (Fsp3) is 0.231. The number of hydrogen-bond acceptors (Lipinski definition) is 0. The molecule has 0 saturated heterocycles. The molecular formula is C13H10F6. The Balaban J connectivity index is 3.62. The molecule has 0 nitrogen and oxygen atoms in total. The largest absolute Gasteiger partial charge is 0.422 e. The summed E-state index contributed by atoms with van der Waals surface area (Å²) in [5.74, 6) is -5.73. The highest BCUT2D eigenvalue weighted by Crippen LogP contribution is 2.37. The number of benzene rings is 1. The van der Waals surface area contributed by atoms with Crippen LogP contribution in [0.2, 0.25) is 0 Å². The standard InChI is InChI=1S/C13H10F6/c1-3-4-5-6-8-7(2)10(14)12(16)9(11(8)15)13(17,18)19/h3-6H,1-2H3/b4-3+,6-5+. The molecule has 0 saturated carbocycles. The summed E-state index contributed by atoms with van der Waals surface area (Å²) < 4.78 is 77.8. The average Bonchev–Trinajstić information content (AvgIpc) is 2.29. The summed E-state index contributed by atoms with van der Waals surface area (Å²) in [6.45, 7) is 2.65. The van der Waals surface area contributed by atoms with Gasteiger partial charge in [0.2, 0.25) is 0 Å². The van der Waals surface area contributed by atoms with Crippen molar-refractivity contribution in [1.82, 2.24) is 0 Å². The molecule has 0 aromatic heterocycles. The molecule has 0 spiro atoms. The second kappa shape index (κ2) is 5.50. The van der Waals surface area contributed by atoms with Gasteiger partial charge in [-0.25, -0.2) is 13.2 Å². The molecule has 0 radical (unpaired) electrons. The van der Waals surface area contributed by atoms with E-state index in [1.807, 2.05) is 0 Å². The van der Waals surface area contributed by atoms with Crippen LogP contribution in [0.25, 0.3) is 6.08 Å². The second-order valence-corrected chi connectivity index (χ2v) is 3.74. The first-order valence-corrected chi connectivity index (χ1v) is 5.25. The van der Waals surface area contributed by atoms with E-state index in [0.717, 1.165) is 13.0 Å². The topological polar surface area (TPSA) is 0 Å². The minimum atomic E-state index is -5.30. The van der Waals surface area contributed by atoms with Gasteiger partial charge in [-0.3, -0.25) is 0 Å². The molecular weight excluding hydrogens is 270 g/mol. The van der Waals surface area contributed by atoms with E-state index in [-0.39, 0.29) is 0 Å². The summed E-state index contributed by atoms with van der Waals surface area (Å²) in [5, 5.41) is 0. The average molecular weight is 280 g/mol. The third-order valence-corrected chi connectivity index (χ3v) is 2.45. The number of hydrogen-bond donors (Lipinski definition) is 0. The molecule has 0 aliphatic rings. The Hall–Kier alpha value is -1.72. The van der Waals surface area contributed by atoms with E-state index in [9.17, 15) is 26.3 Å². The highest BCUT2D eigenvalue weighted by molar-refractivity contribution is 5.58. The Bertz CT molecular complexity index is 537. The van der Waals surface area contributed by atoms with Gasteiger partial charge in [0.05, 0.1) is 0 Å². The van der Waals surface area contributed by atoms with Crippen molar-refractivity contribution in [3.63, 3.8) is 0 Å². The molecule has 0 unspecified atom stereocenters. The molecule has 19 heavy (non-hydrogen) atoms. The van der Waals surface area contributed by atoms with Crippen molar-refractivity contribution in [1.29, 1.82) is 0 Å². The first-order chi connectivity index (χ1) is 8.71. The van der Waals surface area contributed by atoms with Gasteiger partial charge in [0.25, 0.3) is 0 Å². The fourth-order valence-corrected chi connectivity index (χ4v) is 1.50. The van der Waals surface area contributed by atoms with Crippen molar-refractivity contribution in [2.75, 3.05) is 0 Å². The molecule has 0 heterocycles. The quantitative estimate of drug-likeness (QED) is 0.405. The van der Waals surface area contributed by atoms with Crippen molar-refractivity contribution < 1.29 is 26.3 Å². The maximum Gasteiger partial charge on any atom is 0.422 e. The third-order valence-electron chi connectivity index (χ3n) is 2.45. The van der Waals surface area contributed by atoms with Crippen molar-refractivity contribution in [2.24, 2.45) is 0 Å². The van der Waals surface area contributed by atoms with E-state index < -0.39 is 40.3 Å². The number of alkyl halides is 3. The molecule has 1 aromatic carbocycles. The molecule has 1 rings (SSSR count). The maximum atomic E-state index is 13.7. The van der Waals surface area contributed by atoms with Crippen LogP contribution in [-0.2, 0) is 6.18 Å². The molecule has 0 amide bonds. The third kappa shape index (κ3) is 3.00. The van der Waals surface area contributed by atoms with Gasteiger partial charge in [-0.1, -0.05) is 24.3 Å².